The molecule has 0 saturated heterocycles. The van der Waals surface area contributed by atoms with E-state index in [0.717, 1.165) is 24.9 Å². The zero-order valence-corrected chi connectivity index (χ0v) is 16.8. The predicted octanol–water partition coefficient (Wildman–Crippen LogP) is 5.11. The lowest BCUT2D eigenvalue weighted by Gasteiger charge is -2.35. The van der Waals surface area contributed by atoms with Crippen LogP contribution in [-0.2, 0) is 6.42 Å². The van der Waals surface area contributed by atoms with Gasteiger partial charge in [-0.05, 0) is 60.5 Å². The van der Waals surface area contributed by atoms with Gasteiger partial charge in [0, 0.05) is 11.4 Å². The number of rotatable bonds is 4. The third-order valence-electron chi connectivity index (χ3n) is 4.84. The van der Waals surface area contributed by atoms with Crippen molar-refractivity contribution in [1.29, 1.82) is 0 Å². The first-order valence-electron chi connectivity index (χ1n) is 8.91. The van der Waals surface area contributed by atoms with Gasteiger partial charge in [0.05, 0.1) is 22.2 Å². The Hall–Kier alpha value is -2.38. The van der Waals surface area contributed by atoms with Crippen LogP contribution >= 0.6 is 22.7 Å². The second-order valence-corrected chi connectivity index (χ2v) is 8.58. The largest absolute Gasteiger partial charge is 0.459 e. The molecule has 0 aliphatic carbocycles. The highest BCUT2D eigenvalue weighted by atomic mass is 32.1. The Morgan fingerprint density at radius 1 is 1.37 bits per heavy atom. The molecular formula is C20H20N2O3S2. The van der Waals surface area contributed by atoms with E-state index in [2.05, 4.69) is 23.7 Å². The molecule has 3 aromatic heterocycles. The number of furan rings is 1. The Morgan fingerprint density at radius 3 is 2.96 bits per heavy atom. The molecule has 3 aromatic rings. The fourth-order valence-electron chi connectivity index (χ4n) is 3.55. The van der Waals surface area contributed by atoms with E-state index >= 15 is 0 Å². The molecular weight excluding hydrogens is 380 g/mol. The van der Waals surface area contributed by atoms with Crippen molar-refractivity contribution in [2.45, 2.75) is 32.7 Å². The summed E-state index contributed by atoms with van der Waals surface area (Å²) >= 11 is 3.10. The fourth-order valence-corrected chi connectivity index (χ4v) is 5.50. The van der Waals surface area contributed by atoms with Crippen molar-refractivity contribution in [1.82, 2.24) is 4.90 Å². The molecule has 140 valence electrons. The van der Waals surface area contributed by atoms with Crippen molar-refractivity contribution in [3.05, 3.63) is 62.6 Å². The number of nitrogens with one attached hydrogen (secondary N) is 1. The first kappa shape index (κ1) is 18.0. The van der Waals surface area contributed by atoms with Gasteiger partial charge < -0.3 is 14.6 Å². The normalized spacial score (nSPS) is 16.2. The summed E-state index contributed by atoms with van der Waals surface area (Å²) in [5.74, 6) is -0.0201. The first-order chi connectivity index (χ1) is 13.1. The van der Waals surface area contributed by atoms with Crippen molar-refractivity contribution in [2.75, 3.05) is 11.9 Å². The third kappa shape index (κ3) is 3.33. The Labute approximate surface area is 165 Å². The van der Waals surface area contributed by atoms with Gasteiger partial charge in [-0.1, -0.05) is 6.92 Å². The lowest BCUT2D eigenvalue weighted by Crippen LogP contribution is -2.39. The summed E-state index contributed by atoms with van der Waals surface area (Å²) in [4.78, 5) is 29.5. The Kier molecular flexibility index (Phi) is 4.88. The van der Waals surface area contributed by atoms with Crippen molar-refractivity contribution >= 4 is 39.5 Å². The van der Waals surface area contributed by atoms with Gasteiger partial charge in [0.15, 0.2) is 5.76 Å². The van der Waals surface area contributed by atoms with Gasteiger partial charge >= 0.3 is 0 Å². The summed E-state index contributed by atoms with van der Waals surface area (Å²) in [6.45, 7) is 4.76. The van der Waals surface area contributed by atoms with E-state index in [1.807, 2.05) is 17.9 Å². The van der Waals surface area contributed by atoms with Gasteiger partial charge in [-0.15, -0.1) is 22.7 Å². The quantitative estimate of drug-likeness (QED) is 0.662. The Morgan fingerprint density at radius 2 is 2.22 bits per heavy atom. The molecule has 7 heteroatoms. The zero-order chi connectivity index (χ0) is 19.0. The average Bonchev–Trinajstić information content (AvgIpc) is 3.40. The molecule has 1 aliphatic rings. The van der Waals surface area contributed by atoms with Crippen LogP contribution in [0.2, 0.25) is 0 Å². The molecule has 27 heavy (non-hydrogen) atoms. The fraction of sp³-hybridized carbons (Fsp3) is 0.300. The van der Waals surface area contributed by atoms with Crippen molar-refractivity contribution < 1.29 is 14.0 Å². The van der Waals surface area contributed by atoms with Crippen LogP contribution in [0.15, 0.2) is 40.3 Å². The molecule has 0 bridgehead atoms. The highest BCUT2D eigenvalue weighted by Crippen LogP contribution is 2.38. The highest BCUT2D eigenvalue weighted by Gasteiger charge is 2.32. The molecule has 0 unspecified atom stereocenters. The van der Waals surface area contributed by atoms with E-state index in [-0.39, 0.29) is 23.6 Å². The molecule has 0 aromatic carbocycles. The maximum atomic E-state index is 13.3. The monoisotopic (exact) mass is 400 g/mol. The second kappa shape index (κ2) is 7.32. The minimum absolute atomic E-state index is 0.0414. The van der Waals surface area contributed by atoms with Crippen LogP contribution in [0.5, 0.6) is 0 Å². The molecule has 0 radical (unpaired) electrons. The van der Waals surface area contributed by atoms with Gasteiger partial charge in [0.2, 0.25) is 0 Å². The minimum Gasteiger partial charge on any atom is -0.459 e. The van der Waals surface area contributed by atoms with E-state index in [1.165, 1.54) is 28.0 Å². The summed E-state index contributed by atoms with van der Waals surface area (Å²) in [7, 11) is 0. The topological polar surface area (TPSA) is 62.6 Å². The van der Waals surface area contributed by atoms with Crippen LogP contribution in [0.4, 0.5) is 5.00 Å². The van der Waals surface area contributed by atoms with Crippen LogP contribution in [0, 0.1) is 6.92 Å². The number of aryl methyl sites for hydroxylation is 1. The van der Waals surface area contributed by atoms with Gasteiger partial charge in [-0.3, -0.25) is 9.59 Å². The SMILES string of the molecule is CC[C@@H]1c2ccsc2CCN1C(=O)c1sc(NC(=O)c2ccco2)cc1C. The summed E-state index contributed by atoms with van der Waals surface area (Å²) in [5.41, 5.74) is 2.16. The number of amides is 2. The maximum Gasteiger partial charge on any atom is 0.291 e. The van der Waals surface area contributed by atoms with Crippen LogP contribution in [-0.4, -0.2) is 23.3 Å². The summed E-state index contributed by atoms with van der Waals surface area (Å²) in [6.07, 6.45) is 3.26. The molecule has 1 aliphatic heterocycles. The molecule has 0 saturated carbocycles. The van der Waals surface area contributed by atoms with E-state index in [4.69, 9.17) is 4.42 Å². The lowest BCUT2D eigenvalue weighted by molar-refractivity contribution is 0.0661. The van der Waals surface area contributed by atoms with Crippen molar-refractivity contribution in [2.24, 2.45) is 0 Å². The minimum atomic E-state index is -0.312. The number of nitrogens with zero attached hydrogens (tertiary/aromatic N) is 1. The molecule has 0 spiro atoms. The predicted molar refractivity (Wildman–Crippen MR) is 108 cm³/mol. The Balaban J connectivity index is 1.56. The summed E-state index contributed by atoms with van der Waals surface area (Å²) in [6, 6.07) is 7.39. The van der Waals surface area contributed by atoms with E-state index in [1.54, 1.807) is 23.5 Å². The second-order valence-electron chi connectivity index (χ2n) is 6.53. The smallest absolute Gasteiger partial charge is 0.291 e. The molecule has 4 rings (SSSR count). The van der Waals surface area contributed by atoms with Crippen LogP contribution in [0.3, 0.4) is 0 Å². The first-order valence-corrected chi connectivity index (χ1v) is 10.6. The Bertz CT molecular complexity index is 971. The molecule has 5 nitrogen and oxygen atoms in total. The molecule has 1 N–H and O–H groups in total. The van der Waals surface area contributed by atoms with Crippen LogP contribution < -0.4 is 5.32 Å². The number of hydrogen-bond acceptors (Lipinski definition) is 5. The maximum absolute atomic E-state index is 13.3. The number of carbonyl (C=O) groups is 2. The van der Waals surface area contributed by atoms with E-state index in [9.17, 15) is 9.59 Å². The van der Waals surface area contributed by atoms with Gasteiger partial charge in [0.1, 0.15) is 0 Å². The number of hydrogen-bond donors (Lipinski definition) is 1. The number of anilines is 1. The molecule has 4 heterocycles. The van der Waals surface area contributed by atoms with Gasteiger partial charge in [-0.2, -0.15) is 0 Å². The lowest BCUT2D eigenvalue weighted by atomic mass is 9.97. The highest BCUT2D eigenvalue weighted by molar-refractivity contribution is 7.18. The molecule has 2 amide bonds. The van der Waals surface area contributed by atoms with Crippen LogP contribution in [0.25, 0.3) is 0 Å². The number of thiophene rings is 2. The average molecular weight is 401 g/mol. The molecule has 1 atom stereocenters. The van der Waals surface area contributed by atoms with Gasteiger partial charge in [-0.25, -0.2) is 0 Å². The molecule has 0 fully saturated rings. The summed E-state index contributed by atoms with van der Waals surface area (Å²) < 4.78 is 5.12. The van der Waals surface area contributed by atoms with Crippen LogP contribution in [0.1, 0.15) is 55.6 Å². The standard InChI is InChI=1S/C20H20N2O3S2/c1-3-14-13-7-10-26-16(13)6-8-22(14)20(24)18-12(2)11-17(27-18)21-19(23)15-5-4-9-25-15/h4-5,7,9-11,14H,3,6,8H2,1-2H3,(H,21,23)/t14-/m1/s1. The van der Waals surface area contributed by atoms with E-state index < -0.39 is 0 Å². The van der Waals surface area contributed by atoms with Crippen molar-refractivity contribution in [3.63, 3.8) is 0 Å². The van der Waals surface area contributed by atoms with Crippen molar-refractivity contribution in [3.8, 4) is 0 Å². The third-order valence-corrected chi connectivity index (χ3v) is 6.97. The van der Waals surface area contributed by atoms with Gasteiger partial charge in [0.25, 0.3) is 11.8 Å². The van der Waals surface area contributed by atoms with E-state index in [0.29, 0.717) is 9.88 Å². The number of fused-ring (bicyclic) bond motifs is 1. The summed E-state index contributed by atoms with van der Waals surface area (Å²) in [5, 5.41) is 5.58. The number of carbonyl (C=O) groups excluding carboxylic acids is 2. The zero-order valence-electron chi connectivity index (χ0n) is 15.2.